The van der Waals surface area contributed by atoms with E-state index >= 15 is 0 Å². The van der Waals surface area contributed by atoms with E-state index in [4.69, 9.17) is 4.74 Å². The summed E-state index contributed by atoms with van der Waals surface area (Å²) in [7, 11) is 0. The van der Waals surface area contributed by atoms with Crippen LogP contribution in [0.4, 0.5) is 20.2 Å². The molecule has 0 aliphatic heterocycles. The molecule has 3 aromatic carbocycles. The van der Waals surface area contributed by atoms with Crippen molar-refractivity contribution in [3.63, 3.8) is 0 Å². The summed E-state index contributed by atoms with van der Waals surface area (Å²) in [4.78, 5) is 24.6. The topological polar surface area (TPSA) is 67.4 Å². The minimum Gasteiger partial charge on any atom is -0.483 e. The molecule has 0 aliphatic rings. The molecule has 0 heterocycles. The number of amides is 2. The number of para-hydroxylation sites is 2. The number of hydrogen-bond donors (Lipinski definition) is 2. The highest BCUT2D eigenvalue weighted by Crippen LogP contribution is 2.25. The number of ether oxygens (including phenoxy) is 1. The van der Waals surface area contributed by atoms with Gasteiger partial charge < -0.3 is 15.4 Å². The summed E-state index contributed by atoms with van der Waals surface area (Å²) >= 11 is 3.18. The van der Waals surface area contributed by atoms with E-state index in [2.05, 4.69) is 26.6 Å². The van der Waals surface area contributed by atoms with Gasteiger partial charge in [0.05, 0.1) is 16.9 Å². The van der Waals surface area contributed by atoms with Crippen molar-refractivity contribution in [2.24, 2.45) is 0 Å². The van der Waals surface area contributed by atoms with Crippen LogP contribution in [0.25, 0.3) is 0 Å². The minimum absolute atomic E-state index is 0.0355. The number of anilines is 2. The highest BCUT2D eigenvalue weighted by atomic mass is 79.9. The molecule has 29 heavy (non-hydrogen) atoms. The zero-order chi connectivity index (χ0) is 20.8. The smallest absolute Gasteiger partial charge is 0.262 e. The van der Waals surface area contributed by atoms with Gasteiger partial charge in [0.1, 0.15) is 17.4 Å². The van der Waals surface area contributed by atoms with E-state index in [9.17, 15) is 18.4 Å². The Morgan fingerprint density at radius 3 is 2.38 bits per heavy atom. The van der Waals surface area contributed by atoms with Gasteiger partial charge in [-0.15, -0.1) is 0 Å². The lowest BCUT2D eigenvalue weighted by molar-refractivity contribution is -0.118. The molecule has 8 heteroatoms. The molecule has 0 aliphatic carbocycles. The highest BCUT2D eigenvalue weighted by molar-refractivity contribution is 9.10. The van der Waals surface area contributed by atoms with Crippen LogP contribution in [0, 0.1) is 11.6 Å². The molecule has 0 saturated carbocycles. The standard InChI is InChI=1S/C21H15BrF2N2O3/c22-15-11-13(23)9-10-17(15)26-21(28)14-5-1-4-8-19(14)29-12-20(27)25-18-7-3-2-6-16(18)24/h1-11H,12H2,(H,25,27)(H,26,28). The third-order valence-electron chi connectivity index (χ3n) is 3.82. The van der Waals surface area contributed by atoms with Crippen LogP contribution < -0.4 is 15.4 Å². The van der Waals surface area contributed by atoms with Crippen molar-refractivity contribution < 1.29 is 23.1 Å². The first kappa shape index (κ1) is 20.5. The molecule has 0 bridgehead atoms. The lowest BCUT2D eigenvalue weighted by atomic mass is 10.2. The molecule has 0 spiro atoms. The summed E-state index contributed by atoms with van der Waals surface area (Å²) in [5, 5.41) is 5.05. The van der Waals surface area contributed by atoms with Crippen molar-refractivity contribution in [1.82, 2.24) is 0 Å². The number of rotatable bonds is 6. The van der Waals surface area contributed by atoms with E-state index in [1.54, 1.807) is 18.2 Å². The quantitative estimate of drug-likeness (QED) is 0.543. The molecule has 3 rings (SSSR count). The molecule has 2 N–H and O–H groups in total. The Labute approximate surface area is 173 Å². The van der Waals surface area contributed by atoms with Crippen molar-refractivity contribution in [2.45, 2.75) is 0 Å². The van der Waals surface area contributed by atoms with Gasteiger partial charge in [-0.2, -0.15) is 0 Å². The number of hydrogen-bond acceptors (Lipinski definition) is 3. The van der Waals surface area contributed by atoms with Crippen molar-refractivity contribution in [2.75, 3.05) is 17.2 Å². The Balaban J connectivity index is 1.67. The second-order valence-corrected chi connectivity index (χ2v) is 6.75. The van der Waals surface area contributed by atoms with Crippen LogP contribution in [0.3, 0.4) is 0 Å². The SMILES string of the molecule is O=C(COc1ccccc1C(=O)Nc1ccc(F)cc1Br)Nc1ccccc1F. The fourth-order valence-electron chi connectivity index (χ4n) is 2.45. The average Bonchev–Trinajstić information content (AvgIpc) is 2.70. The van der Waals surface area contributed by atoms with Gasteiger partial charge in [-0.05, 0) is 58.4 Å². The predicted molar refractivity (Wildman–Crippen MR) is 109 cm³/mol. The van der Waals surface area contributed by atoms with Crippen LogP contribution in [0.1, 0.15) is 10.4 Å². The fourth-order valence-corrected chi connectivity index (χ4v) is 2.90. The van der Waals surface area contributed by atoms with Crippen LogP contribution in [-0.2, 0) is 4.79 Å². The van der Waals surface area contributed by atoms with Gasteiger partial charge in [-0.25, -0.2) is 8.78 Å². The van der Waals surface area contributed by atoms with Gasteiger partial charge in [0.15, 0.2) is 6.61 Å². The summed E-state index contributed by atoms with van der Waals surface area (Å²) < 4.78 is 32.7. The van der Waals surface area contributed by atoms with E-state index < -0.39 is 30.1 Å². The zero-order valence-corrected chi connectivity index (χ0v) is 16.5. The number of nitrogens with one attached hydrogen (secondary N) is 2. The zero-order valence-electron chi connectivity index (χ0n) is 14.9. The van der Waals surface area contributed by atoms with Gasteiger partial charge in [-0.3, -0.25) is 9.59 Å². The summed E-state index contributed by atoms with van der Waals surface area (Å²) in [5.41, 5.74) is 0.596. The Bertz CT molecular complexity index is 1060. The molecule has 0 aromatic heterocycles. The minimum atomic E-state index is -0.577. The van der Waals surface area contributed by atoms with E-state index in [0.717, 1.165) is 0 Å². The van der Waals surface area contributed by atoms with Crippen LogP contribution in [0.15, 0.2) is 71.2 Å². The third-order valence-corrected chi connectivity index (χ3v) is 4.47. The molecular weight excluding hydrogens is 446 g/mol. The van der Waals surface area contributed by atoms with Crippen molar-refractivity contribution in [3.05, 3.63) is 88.4 Å². The number of carbonyl (C=O) groups is 2. The normalized spacial score (nSPS) is 10.3. The number of benzene rings is 3. The van der Waals surface area contributed by atoms with E-state index in [1.807, 2.05) is 0 Å². The second-order valence-electron chi connectivity index (χ2n) is 5.89. The van der Waals surface area contributed by atoms with Crippen LogP contribution >= 0.6 is 15.9 Å². The molecule has 2 amide bonds. The molecule has 0 fully saturated rings. The first-order valence-corrected chi connectivity index (χ1v) is 9.26. The van der Waals surface area contributed by atoms with Gasteiger partial charge in [-0.1, -0.05) is 24.3 Å². The number of halogens is 3. The maximum absolute atomic E-state index is 13.6. The Morgan fingerprint density at radius 2 is 1.62 bits per heavy atom. The summed E-state index contributed by atoms with van der Waals surface area (Å²) in [6.07, 6.45) is 0. The van der Waals surface area contributed by atoms with Gasteiger partial charge >= 0.3 is 0 Å². The lowest BCUT2D eigenvalue weighted by Gasteiger charge is -2.13. The Kier molecular flexibility index (Phi) is 6.56. The molecule has 5 nitrogen and oxygen atoms in total. The van der Waals surface area contributed by atoms with E-state index in [0.29, 0.717) is 10.2 Å². The number of carbonyl (C=O) groups excluding carboxylic acids is 2. The first-order chi connectivity index (χ1) is 13.9. The van der Waals surface area contributed by atoms with E-state index in [1.165, 1.54) is 48.5 Å². The predicted octanol–water partition coefficient (Wildman–Crippen LogP) is 5.00. The van der Waals surface area contributed by atoms with Gasteiger partial charge in [0, 0.05) is 4.47 Å². The Hall–Kier alpha value is -3.26. The van der Waals surface area contributed by atoms with Crippen LogP contribution in [0.2, 0.25) is 0 Å². The molecule has 0 atom stereocenters. The summed E-state index contributed by atoms with van der Waals surface area (Å²) in [5.74, 6) is -1.91. The molecule has 3 aromatic rings. The van der Waals surface area contributed by atoms with E-state index in [-0.39, 0.29) is 17.0 Å². The Morgan fingerprint density at radius 1 is 0.897 bits per heavy atom. The molecule has 0 unspecified atom stereocenters. The van der Waals surface area contributed by atoms with Crippen molar-refractivity contribution in [3.8, 4) is 5.75 Å². The molecule has 0 radical (unpaired) electrons. The lowest BCUT2D eigenvalue weighted by Crippen LogP contribution is -2.22. The fraction of sp³-hybridized carbons (Fsp3) is 0.0476. The largest absolute Gasteiger partial charge is 0.483 e. The maximum Gasteiger partial charge on any atom is 0.262 e. The average molecular weight is 461 g/mol. The second kappa shape index (κ2) is 9.29. The molecular formula is C21H15BrF2N2O3. The third kappa shape index (κ3) is 5.39. The van der Waals surface area contributed by atoms with Crippen LogP contribution in [0.5, 0.6) is 5.75 Å². The first-order valence-electron chi connectivity index (χ1n) is 8.46. The van der Waals surface area contributed by atoms with Gasteiger partial charge in [0.25, 0.3) is 11.8 Å². The van der Waals surface area contributed by atoms with Gasteiger partial charge in [0.2, 0.25) is 0 Å². The molecule has 0 saturated heterocycles. The summed E-state index contributed by atoms with van der Waals surface area (Å²) in [6, 6.07) is 16.0. The molecule has 148 valence electrons. The van der Waals surface area contributed by atoms with Crippen molar-refractivity contribution >= 4 is 39.1 Å². The maximum atomic E-state index is 13.6. The van der Waals surface area contributed by atoms with Crippen LogP contribution in [-0.4, -0.2) is 18.4 Å². The monoisotopic (exact) mass is 460 g/mol. The summed E-state index contributed by atoms with van der Waals surface area (Å²) in [6.45, 7) is -0.418. The van der Waals surface area contributed by atoms with Crippen molar-refractivity contribution in [1.29, 1.82) is 0 Å². The highest BCUT2D eigenvalue weighted by Gasteiger charge is 2.15.